The molecule has 0 bridgehead atoms. The minimum absolute atomic E-state index is 0.116. The number of ether oxygens (including phenoxy) is 4. The van der Waals surface area contributed by atoms with E-state index < -0.39 is 17.9 Å². The molecule has 0 heterocycles. The van der Waals surface area contributed by atoms with Crippen molar-refractivity contribution in [3.63, 3.8) is 0 Å². The van der Waals surface area contributed by atoms with Crippen molar-refractivity contribution in [3.05, 3.63) is 30.3 Å². The molecular formula is C16H15F3N2O5. The molecule has 2 aromatic carbocycles. The first-order valence-electron chi connectivity index (χ1n) is 7.08. The lowest BCUT2D eigenvalue weighted by atomic mass is 10.2. The van der Waals surface area contributed by atoms with Gasteiger partial charge in [-0.2, -0.15) is 10.2 Å². The lowest BCUT2D eigenvalue weighted by Gasteiger charge is -2.12. The van der Waals surface area contributed by atoms with Gasteiger partial charge in [0, 0.05) is 18.2 Å². The van der Waals surface area contributed by atoms with E-state index in [1.54, 1.807) is 0 Å². The van der Waals surface area contributed by atoms with Gasteiger partial charge in [0.15, 0.2) is 23.0 Å². The van der Waals surface area contributed by atoms with E-state index in [1.807, 2.05) is 0 Å². The summed E-state index contributed by atoms with van der Waals surface area (Å²) in [5, 5.41) is 17.4. The van der Waals surface area contributed by atoms with Gasteiger partial charge < -0.3 is 24.1 Å². The zero-order valence-electron chi connectivity index (χ0n) is 14.0. The largest absolute Gasteiger partial charge is 0.573 e. The molecular weight excluding hydrogens is 357 g/mol. The van der Waals surface area contributed by atoms with E-state index in [0.29, 0.717) is 22.9 Å². The van der Waals surface area contributed by atoms with Gasteiger partial charge in [0.2, 0.25) is 5.75 Å². The van der Waals surface area contributed by atoms with Crippen LogP contribution in [-0.2, 0) is 0 Å². The molecule has 2 aromatic rings. The Morgan fingerprint density at radius 1 is 0.808 bits per heavy atom. The summed E-state index contributed by atoms with van der Waals surface area (Å²) in [5.74, 6) is -0.358. The number of hydrogen-bond acceptors (Lipinski definition) is 7. The highest BCUT2D eigenvalue weighted by atomic mass is 19.4. The van der Waals surface area contributed by atoms with Crippen molar-refractivity contribution in [1.82, 2.24) is 0 Å². The summed E-state index contributed by atoms with van der Waals surface area (Å²) in [7, 11) is 4.33. The van der Waals surface area contributed by atoms with Gasteiger partial charge in [0.1, 0.15) is 0 Å². The van der Waals surface area contributed by atoms with Gasteiger partial charge in [-0.25, -0.2) is 0 Å². The second-order valence-corrected chi connectivity index (χ2v) is 4.78. The van der Waals surface area contributed by atoms with Crippen LogP contribution in [0.2, 0.25) is 0 Å². The van der Waals surface area contributed by atoms with E-state index in [2.05, 4.69) is 15.0 Å². The lowest BCUT2D eigenvalue weighted by molar-refractivity contribution is -0.275. The van der Waals surface area contributed by atoms with Gasteiger partial charge in [0.25, 0.3) is 0 Å². The highest BCUT2D eigenvalue weighted by Gasteiger charge is 2.32. The average Bonchev–Trinajstić information content (AvgIpc) is 2.59. The number of benzene rings is 2. The number of hydrogen-bond donors (Lipinski definition) is 1. The number of nitrogens with zero attached hydrogens (tertiary/aromatic N) is 2. The van der Waals surface area contributed by atoms with E-state index in [9.17, 15) is 18.3 Å². The first-order chi connectivity index (χ1) is 12.3. The fraction of sp³-hybridized carbons (Fsp3) is 0.250. The smallest absolute Gasteiger partial charge is 0.504 e. The highest BCUT2D eigenvalue weighted by molar-refractivity contribution is 5.60. The van der Waals surface area contributed by atoms with Crippen LogP contribution in [0.15, 0.2) is 40.6 Å². The molecule has 0 saturated heterocycles. The normalized spacial score (nSPS) is 11.5. The van der Waals surface area contributed by atoms with Crippen LogP contribution in [0.5, 0.6) is 28.7 Å². The Morgan fingerprint density at radius 2 is 1.38 bits per heavy atom. The van der Waals surface area contributed by atoms with Gasteiger partial charge in [-0.3, -0.25) is 0 Å². The van der Waals surface area contributed by atoms with E-state index in [0.717, 1.165) is 12.1 Å². The monoisotopic (exact) mass is 372 g/mol. The average molecular weight is 372 g/mol. The van der Waals surface area contributed by atoms with Crippen LogP contribution >= 0.6 is 0 Å². The van der Waals surface area contributed by atoms with Crippen molar-refractivity contribution in [2.75, 3.05) is 21.3 Å². The number of phenolic OH excluding ortho intramolecular Hbond substituents is 1. The highest BCUT2D eigenvalue weighted by Crippen LogP contribution is 2.41. The number of methoxy groups -OCH3 is 3. The fourth-order valence-electron chi connectivity index (χ4n) is 2.02. The minimum Gasteiger partial charge on any atom is -0.504 e. The predicted octanol–water partition coefficient (Wildman–Crippen LogP) is 4.73. The predicted molar refractivity (Wildman–Crippen MR) is 85.1 cm³/mol. The van der Waals surface area contributed by atoms with Gasteiger partial charge in [0.05, 0.1) is 32.7 Å². The third-order valence-corrected chi connectivity index (χ3v) is 3.10. The maximum absolute atomic E-state index is 12.2. The molecule has 0 aliphatic heterocycles. The molecule has 0 amide bonds. The maximum atomic E-state index is 12.2. The van der Waals surface area contributed by atoms with E-state index in [4.69, 9.17) is 14.2 Å². The Bertz CT molecular complexity index is 784. The molecule has 140 valence electrons. The molecule has 0 saturated carbocycles. The van der Waals surface area contributed by atoms with Crippen LogP contribution in [0.3, 0.4) is 0 Å². The Labute approximate surface area is 146 Å². The number of aromatic hydroxyl groups is 1. The molecule has 2 rings (SSSR count). The summed E-state index contributed by atoms with van der Waals surface area (Å²) in [6.45, 7) is 0. The van der Waals surface area contributed by atoms with Crippen LogP contribution in [0, 0.1) is 0 Å². The number of alkyl halides is 3. The summed E-state index contributed by atoms with van der Waals surface area (Å²) >= 11 is 0. The van der Waals surface area contributed by atoms with Crippen molar-refractivity contribution >= 4 is 11.4 Å². The summed E-state index contributed by atoms with van der Waals surface area (Å²) < 4.78 is 55.8. The molecule has 0 aliphatic carbocycles. The SMILES string of the molecule is COc1cc(/N=N/c2ccc(OC(F)(F)F)c(O)c2)cc(OC)c1OC. The second kappa shape index (κ2) is 7.81. The summed E-state index contributed by atoms with van der Waals surface area (Å²) in [6, 6.07) is 6.20. The summed E-state index contributed by atoms with van der Waals surface area (Å²) in [5.41, 5.74) is 0.459. The Morgan fingerprint density at radius 3 is 1.85 bits per heavy atom. The molecule has 7 nitrogen and oxygen atoms in total. The van der Waals surface area contributed by atoms with Crippen molar-refractivity contribution < 1.29 is 37.2 Å². The topological polar surface area (TPSA) is 81.9 Å². The van der Waals surface area contributed by atoms with Crippen molar-refractivity contribution in [2.24, 2.45) is 10.2 Å². The maximum Gasteiger partial charge on any atom is 0.573 e. The Hall–Kier alpha value is -3.17. The van der Waals surface area contributed by atoms with Gasteiger partial charge >= 0.3 is 6.36 Å². The molecule has 0 radical (unpaired) electrons. The van der Waals surface area contributed by atoms with Crippen molar-refractivity contribution in [3.8, 4) is 28.7 Å². The number of phenols is 1. The molecule has 0 fully saturated rings. The molecule has 0 aliphatic rings. The summed E-state index contributed by atoms with van der Waals surface area (Å²) in [4.78, 5) is 0. The van der Waals surface area contributed by atoms with Crippen LogP contribution in [0.4, 0.5) is 24.5 Å². The first kappa shape index (κ1) is 19.2. The zero-order chi connectivity index (χ0) is 19.3. The van der Waals surface area contributed by atoms with Crippen LogP contribution < -0.4 is 18.9 Å². The number of halogens is 3. The van der Waals surface area contributed by atoms with Crippen molar-refractivity contribution in [1.29, 1.82) is 0 Å². The van der Waals surface area contributed by atoms with E-state index in [1.165, 1.54) is 39.5 Å². The number of azo groups is 1. The third kappa shape index (κ3) is 4.68. The second-order valence-electron chi connectivity index (χ2n) is 4.78. The summed E-state index contributed by atoms with van der Waals surface area (Å²) in [6.07, 6.45) is -4.91. The van der Waals surface area contributed by atoms with Crippen LogP contribution in [0.25, 0.3) is 0 Å². The van der Waals surface area contributed by atoms with Gasteiger partial charge in [-0.05, 0) is 12.1 Å². The zero-order valence-corrected chi connectivity index (χ0v) is 14.0. The fourth-order valence-corrected chi connectivity index (χ4v) is 2.02. The van der Waals surface area contributed by atoms with Gasteiger partial charge in [-0.1, -0.05) is 0 Å². The molecule has 10 heteroatoms. The molecule has 0 spiro atoms. The van der Waals surface area contributed by atoms with E-state index >= 15 is 0 Å². The first-order valence-corrected chi connectivity index (χ1v) is 7.08. The third-order valence-electron chi connectivity index (χ3n) is 3.10. The quantitative estimate of drug-likeness (QED) is 0.741. The van der Waals surface area contributed by atoms with Gasteiger partial charge in [-0.15, -0.1) is 13.2 Å². The van der Waals surface area contributed by atoms with Crippen molar-refractivity contribution in [2.45, 2.75) is 6.36 Å². The van der Waals surface area contributed by atoms with E-state index in [-0.39, 0.29) is 5.69 Å². The molecule has 26 heavy (non-hydrogen) atoms. The molecule has 0 atom stereocenters. The minimum atomic E-state index is -4.91. The molecule has 0 aromatic heterocycles. The van der Waals surface area contributed by atoms with Crippen LogP contribution in [-0.4, -0.2) is 32.8 Å². The number of rotatable bonds is 6. The Kier molecular flexibility index (Phi) is 5.75. The van der Waals surface area contributed by atoms with Crippen LogP contribution in [0.1, 0.15) is 0 Å². The lowest BCUT2D eigenvalue weighted by Crippen LogP contribution is -2.17. The standard InChI is InChI=1S/C16H15F3N2O5/c1-23-13-7-10(8-14(24-2)15(13)25-3)21-20-9-4-5-12(11(22)6-9)26-16(17,18)19/h4-8,22H,1-3H3/b21-20+. The Balaban J connectivity index is 2.28. The molecule has 1 N–H and O–H groups in total. The molecule has 0 unspecified atom stereocenters.